The summed E-state index contributed by atoms with van der Waals surface area (Å²) in [5.74, 6) is 0.210. The lowest BCUT2D eigenvalue weighted by molar-refractivity contribution is 0.101. The number of Topliss-reactive ketones (excluding diaryl/α,β-unsaturated/α-hetero) is 1. The third-order valence-corrected chi connectivity index (χ3v) is 2.92. The highest BCUT2D eigenvalue weighted by molar-refractivity contribution is 5.93. The summed E-state index contributed by atoms with van der Waals surface area (Å²) in [5.41, 5.74) is -0.377. The van der Waals surface area contributed by atoms with Crippen molar-refractivity contribution in [3.05, 3.63) is 50.1 Å². The Labute approximate surface area is 108 Å². The zero-order valence-corrected chi connectivity index (χ0v) is 10.8. The molecule has 100 valence electrons. The summed E-state index contributed by atoms with van der Waals surface area (Å²) in [4.78, 5) is 35.1. The topological polar surface area (TPSA) is 87.1 Å². The van der Waals surface area contributed by atoms with Gasteiger partial charge < -0.3 is 4.52 Å². The van der Waals surface area contributed by atoms with Crippen LogP contribution in [0.2, 0.25) is 0 Å². The molecule has 2 heterocycles. The van der Waals surface area contributed by atoms with Crippen LogP contribution in [-0.2, 0) is 13.6 Å². The maximum absolute atomic E-state index is 12.0. The molecule has 0 fully saturated rings. The first-order valence-electron chi connectivity index (χ1n) is 5.63. The van der Waals surface area contributed by atoms with Gasteiger partial charge in [-0.3, -0.25) is 18.7 Å². The zero-order valence-electron chi connectivity index (χ0n) is 10.8. The van der Waals surface area contributed by atoms with E-state index >= 15 is 0 Å². The second-order valence-electron chi connectivity index (χ2n) is 4.28. The molecular formula is C12H13N3O4. The van der Waals surface area contributed by atoms with E-state index in [0.717, 1.165) is 10.1 Å². The molecule has 0 aliphatic rings. The first kappa shape index (κ1) is 13.0. The molecule has 0 amide bonds. The van der Waals surface area contributed by atoms with Crippen molar-refractivity contribution in [1.82, 2.24) is 14.3 Å². The predicted molar refractivity (Wildman–Crippen MR) is 66.3 cm³/mol. The minimum atomic E-state index is -0.587. The van der Waals surface area contributed by atoms with Crippen molar-refractivity contribution in [2.75, 3.05) is 0 Å². The van der Waals surface area contributed by atoms with Crippen molar-refractivity contribution in [3.63, 3.8) is 0 Å². The summed E-state index contributed by atoms with van der Waals surface area (Å²) in [6.45, 7) is 3.21. The van der Waals surface area contributed by atoms with Crippen LogP contribution in [0.1, 0.15) is 28.6 Å². The van der Waals surface area contributed by atoms with Gasteiger partial charge in [0.15, 0.2) is 5.78 Å². The molecule has 2 aromatic heterocycles. The molecule has 0 saturated carbocycles. The quantitative estimate of drug-likeness (QED) is 0.733. The molecule has 0 aromatic carbocycles. The molecule has 0 aliphatic heterocycles. The van der Waals surface area contributed by atoms with Crippen LogP contribution in [0.15, 0.2) is 26.5 Å². The van der Waals surface area contributed by atoms with Gasteiger partial charge in [-0.15, -0.1) is 0 Å². The number of ketones is 1. The molecule has 7 heteroatoms. The molecule has 0 atom stereocenters. The van der Waals surface area contributed by atoms with Crippen LogP contribution in [0.25, 0.3) is 0 Å². The number of rotatable bonds is 3. The molecule has 2 rings (SSSR count). The molecular weight excluding hydrogens is 250 g/mol. The predicted octanol–water partition coefficient (Wildman–Crippen LogP) is 0.0943. The van der Waals surface area contributed by atoms with E-state index in [2.05, 4.69) is 5.16 Å². The van der Waals surface area contributed by atoms with Gasteiger partial charge in [0.05, 0.1) is 18.3 Å². The number of aromatic nitrogens is 3. The van der Waals surface area contributed by atoms with Gasteiger partial charge >= 0.3 is 5.69 Å². The fourth-order valence-electron chi connectivity index (χ4n) is 1.74. The lowest BCUT2D eigenvalue weighted by atomic mass is 10.2. The summed E-state index contributed by atoms with van der Waals surface area (Å²) in [6, 6.07) is 0. The fourth-order valence-corrected chi connectivity index (χ4v) is 1.74. The molecule has 0 aliphatic carbocycles. The van der Waals surface area contributed by atoms with Crippen LogP contribution in [0.4, 0.5) is 0 Å². The van der Waals surface area contributed by atoms with Crippen molar-refractivity contribution >= 4 is 5.78 Å². The van der Waals surface area contributed by atoms with Gasteiger partial charge in [-0.25, -0.2) is 4.79 Å². The van der Waals surface area contributed by atoms with Crippen molar-refractivity contribution in [2.45, 2.75) is 20.4 Å². The second-order valence-corrected chi connectivity index (χ2v) is 4.28. The maximum Gasteiger partial charge on any atom is 0.331 e. The Morgan fingerprint density at radius 3 is 2.63 bits per heavy atom. The summed E-state index contributed by atoms with van der Waals surface area (Å²) in [7, 11) is 1.34. The number of hydrogen-bond acceptors (Lipinski definition) is 5. The number of carbonyl (C=O) groups is 1. The Balaban J connectivity index is 2.59. The average molecular weight is 263 g/mol. The van der Waals surface area contributed by atoms with E-state index in [-0.39, 0.29) is 17.9 Å². The van der Waals surface area contributed by atoms with E-state index in [0.29, 0.717) is 5.76 Å². The van der Waals surface area contributed by atoms with Gasteiger partial charge in [0.2, 0.25) is 0 Å². The lowest BCUT2D eigenvalue weighted by Gasteiger charge is -2.08. The highest BCUT2D eigenvalue weighted by Crippen LogP contribution is 2.07. The van der Waals surface area contributed by atoms with Gasteiger partial charge in [-0.05, 0) is 13.8 Å². The van der Waals surface area contributed by atoms with Gasteiger partial charge in [0.1, 0.15) is 5.76 Å². The highest BCUT2D eigenvalue weighted by atomic mass is 16.5. The Bertz CT molecular complexity index is 751. The lowest BCUT2D eigenvalue weighted by Crippen LogP contribution is -2.40. The second kappa shape index (κ2) is 4.68. The fraction of sp³-hybridized carbons (Fsp3) is 0.333. The minimum Gasteiger partial charge on any atom is -0.361 e. The Morgan fingerprint density at radius 2 is 2.11 bits per heavy atom. The van der Waals surface area contributed by atoms with Crippen molar-refractivity contribution in [3.8, 4) is 0 Å². The van der Waals surface area contributed by atoms with Gasteiger partial charge in [-0.2, -0.15) is 0 Å². The summed E-state index contributed by atoms with van der Waals surface area (Å²) < 4.78 is 7.11. The molecule has 0 bridgehead atoms. The van der Waals surface area contributed by atoms with E-state index in [9.17, 15) is 14.4 Å². The van der Waals surface area contributed by atoms with E-state index in [1.54, 1.807) is 6.92 Å². The van der Waals surface area contributed by atoms with Gasteiger partial charge in [0, 0.05) is 18.8 Å². The maximum atomic E-state index is 12.0. The SMILES string of the molecule is CC(=O)c1cn(Cc2cnoc2C)c(=O)n(C)c1=O. The van der Waals surface area contributed by atoms with Crippen LogP contribution in [0, 0.1) is 6.92 Å². The largest absolute Gasteiger partial charge is 0.361 e. The van der Waals surface area contributed by atoms with Crippen LogP contribution in [0.5, 0.6) is 0 Å². The molecule has 7 nitrogen and oxygen atoms in total. The molecule has 19 heavy (non-hydrogen) atoms. The molecule has 0 N–H and O–H groups in total. The van der Waals surface area contributed by atoms with Gasteiger partial charge in [-0.1, -0.05) is 5.16 Å². The molecule has 0 unspecified atom stereocenters. The monoisotopic (exact) mass is 263 g/mol. The summed E-state index contributed by atoms with van der Waals surface area (Å²) in [5, 5.41) is 3.62. The van der Waals surface area contributed by atoms with Gasteiger partial charge in [0.25, 0.3) is 5.56 Å². The summed E-state index contributed by atoms with van der Waals surface area (Å²) in [6.07, 6.45) is 2.78. The zero-order chi connectivity index (χ0) is 14.2. The highest BCUT2D eigenvalue weighted by Gasteiger charge is 2.13. The van der Waals surface area contributed by atoms with Crippen LogP contribution in [0.3, 0.4) is 0 Å². The first-order valence-corrected chi connectivity index (χ1v) is 5.63. The van der Waals surface area contributed by atoms with E-state index in [1.165, 1.54) is 30.9 Å². The van der Waals surface area contributed by atoms with Crippen LogP contribution in [-0.4, -0.2) is 20.1 Å². The molecule has 2 aromatic rings. The number of carbonyl (C=O) groups excluding carboxylic acids is 1. The number of hydrogen-bond donors (Lipinski definition) is 0. The van der Waals surface area contributed by atoms with Crippen LogP contribution < -0.4 is 11.2 Å². The normalized spacial score (nSPS) is 10.7. The average Bonchev–Trinajstić information content (AvgIpc) is 2.75. The Morgan fingerprint density at radius 1 is 1.42 bits per heavy atom. The molecule has 0 saturated heterocycles. The van der Waals surface area contributed by atoms with Crippen molar-refractivity contribution < 1.29 is 9.32 Å². The third-order valence-electron chi connectivity index (χ3n) is 2.92. The molecule has 0 spiro atoms. The standard InChI is InChI=1S/C12H13N3O4/c1-7(16)10-6-15(12(18)14(3)11(10)17)5-9-4-13-19-8(9)2/h4,6H,5H2,1-3H3. The number of aryl methyl sites for hydroxylation is 1. The molecule has 0 radical (unpaired) electrons. The van der Waals surface area contributed by atoms with Crippen molar-refractivity contribution in [1.29, 1.82) is 0 Å². The Hall–Kier alpha value is -2.44. The number of nitrogens with zero attached hydrogens (tertiary/aromatic N) is 3. The van der Waals surface area contributed by atoms with E-state index in [4.69, 9.17) is 4.52 Å². The smallest absolute Gasteiger partial charge is 0.331 e. The Kier molecular flexibility index (Phi) is 3.20. The van der Waals surface area contributed by atoms with Crippen molar-refractivity contribution in [2.24, 2.45) is 7.05 Å². The first-order chi connectivity index (χ1) is 8.91. The minimum absolute atomic E-state index is 0.0174. The third kappa shape index (κ3) is 2.26. The van der Waals surface area contributed by atoms with Crippen LogP contribution >= 0.6 is 0 Å². The van der Waals surface area contributed by atoms with E-state index in [1.807, 2.05) is 0 Å². The van der Waals surface area contributed by atoms with E-state index < -0.39 is 11.2 Å². The summed E-state index contributed by atoms with van der Waals surface area (Å²) >= 11 is 0.